The van der Waals surface area contributed by atoms with Crippen molar-refractivity contribution in [3.63, 3.8) is 0 Å². The lowest BCUT2D eigenvalue weighted by Crippen LogP contribution is -2.51. The van der Waals surface area contributed by atoms with Gasteiger partial charge in [0.25, 0.3) is 0 Å². The molecule has 2 atom stereocenters. The number of amidine groups is 1. The smallest absolute Gasteiger partial charge is 0.349 e. The Balaban J connectivity index is 1.98. The Morgan fingerprint density at radius 2 is 1.68 bits per heavy atom. The van der Waals surface area contributed by atoms with Crippen molar-refractivity contribution in [2.24, 2.45) is 22.6 Å². The summed E-state index contributed by atoms with van der Waals surface area (Å²) in [6.45, 7) is 1.88. The minimum atomic E-state index is -1.20. The van der Waals surface area contributed by atoms with E-state index in [4.69, 9.17) is 5.73 Å². The third-order valence-electron chi connectivity index (χ3n) is 4.64. The summed E-state index contributed by atoms with van der Waals surface area (Å²) in [5.41, 5.74) is 7.57. The molecular formula is C21H19N3O4. The number of hydrogen-bond acceptors (Lipinski definition) is 5. The standard InChI is InChI=1S/C21H19N3O4/c1-12-7-9-14(10-8-12)18(26)15(11-16(25)13-5-3-2-4-6-13)17-19(22)23-21(28)24-20(17)27/h2-10,15,17H,11H2,1H3,(H3,22,23,24,27,28). The Hall–Kier alpha value is -3.61. The summed E-state index contributed by atoms with van der Waals surface area (Å²) in [6.07, 6.45) is -0.237. The van der Waals surface area contributed by atoms with Gasteiger partial charge in [-0.1, -0.05) is 60.2 Å². The highest BCUT2D eigenvalue weighted by Crippen LogP contribution is 2.26. The third-order valence-corrected chi connectivity index (χ3v) is 4.64. The third kappa shape index (κ3) is 4.03. The van der Waals surface area contributed by atoms with Gasteiger partial charge in [-0.3, -0.25) is 19.7 Å². The van der Waals surface area contributed by atoms with Gasteiger partial charge in [-0.25, -0.2) is 4.79 Å². The lowest BCUT2D eigenvalue weighted by Gasteiger charge is -2.26. The molecule has 7 heteroatoms. The van der Waals surface area contributed by atoms with Crippen LogP contribution in [0.2, 0.25) is 0 Å². The van der Waals surface area contributed by atoms with Crippen LogP contribution in [0.3, 0.4) is 0 Å². The summed E-state index contributed by atoms with van der Waals surface area (Å²) in [5, 5.41) is 2.06. The molecule has 2 aromatic rings. The molecule has 0 saturated carbocycles. The molecule has 0 fully saturated rings. The molecule has 0 aliphatic carbocycles. The first-order valence-corrected chi connectivity index (χ1v) is 8.75. The number of nitrogens with two attached hydrogens (primary N) is 1. The van der Waals surface area contributed by atoms with E-state index in [0.29, 0.717) is 11.1 Å². The topological polar surface area (TPSA) is 119 Å². The van der Waals surface area contributed by atoms with Crippen LogP contribution in [-0.2, 0) is 4.79 Å². The molecule has 142 valence electrons. The largest absolute Gasteiger partial charge is 0.386 e. The fraction of sp³-hybridized carbons (Fsp3) is 0.190. The molecule has 3 N–H and O–H groups in total. The van der Waals surface area contributed by atoms with Crippen LogP contribution in [0, 0.1) is 18.8 Å². The Labute approximate surface area is 161 Å². The van der Waals surface area contributed by atoms with Crippen LogP contribution < -0.4 is 11.1 Å². The van der Waals surface area contributed by atoms with Crippen molar-refractivity contribution in [1.29, 1.82) is 0 Å². The van der Waals surface area contributed by atoms with Crippen LogP contribution in [0.15, 0.2) is 59.6 Å². The van der Waals surface area contributed by atoms with Crippen LogP contribution in [0.4, 0.5) is 4.79 Å². The predicted octanol–water partition coefficient (Wildman–Crippen LogP) is 2.29. The second-order valence-corrected chi connectivity index (χ2v) is 6.64. The summed E-state index contributed by atoms with van der Waals surface area (Å²) in [4.78, 5) is 53.3. The number of carbonyl (C=O) groups is 4. The Kier molecular flexibility index (Phi) is 5.44. The number of aryl methyl sites for hydroxylation is 1. The Morgan fingerprint density at radius 3 is 2.29 bits per heavy atom. The van der Waals surface area contributed by atoms with E-state index in [0.717, 1.165) is 5.56 Å². The SMILES string of the molecule is Cc1ccc(C(=O)C(CC(=O)c2ccccc2)C2C(=O)NC(=O)N=C2N)cc1. The molecule has 0 spiro atoms. The molecule has 1 aliphatic rings. The molecule has 0 saturated heterocycles. The minimum absolute atomic E-state index is 0.237. The molecule has 3 amide bonds. The van der Waals surface area contributed by atoms with Gasteiger partial charge in [0.05, 0.1) is 0 Å². The number of urea groups is 1. The number of carbonyl (C=O) groups excluding carboxylic acids is 4. The quantitative estimate of drug-likeness (QED) is 0.749. The van der Waals surface area contributed by atoms with Gasteiger partial charge in [-0.05, 0) is 6.92 Å². The van der Waals surface area contributed by atoms with E-state index < -0.39 is 29.6 Å². The molecule has 1 heterocycles. The van der Waals surface area contributed by atoms with Crippen molar-refractivity contribution in [2.75, 3.05) is 0 Å². The molecule has 28 heavy (non-hydrogen) atoms. The van der Waals surface area contributed by atoms with E-state index in [2.05, 4.69) is 10.3 Å². The maximum Gasteiger partial charge on any atom is 0.349 e. The highest BCUT2D eigenvalue weighted by Gasteiger charge is 2.41. The number of hydrogen-bond donors (Lipinski definition) is 2. The van der Waals surface area contributed by atoms with Gasteiger partial charge < -0.3 is 5.73 Å². The molecule has 2 unspecified atom stereocenters. The normalized spacial score (nSPS) is 17.5. The molecule has 0 radical (unpaired) electrons. The molecule has 1 aliphatic heterocycles. The monoisotopic (exact) mass is 377 g/mol. The van der Waals surface area contributed by atoms with E-state index >= 15 is 0 Å². The first kappa shape index (κ1) is 19.2. The second-order valence-electron chi connectivity index (χ2n) is 6.64. The van der Waals surface area contributed by atoms with Crippen molar-refractivity contribution in [2.45, 2.75) is 13.3 Å². The number of ketones is 2. The number of rotatable bonds is 6. The molecule has 0 aromatic heterocycles. The molecule has 2 aromatic carbocycles. The average Bonchev–Trinajstić information content (AvgIpc) is 2.67. The van der Waals surface area contributed by atoms with Crippen LogP contribution in [0.1, 0.15) is 32.7 Å². The van der Waals surface area contributed by atoms with Gasteiger partial charge in [0.1, 0.15) is 11.8 Å². The highest BCUT2D eigenvalue weighted by molar-refractivity contribution is 6.19. The number of amides is 3. The van der Waals surface area contributed by atoms with E-state index in [9.17, 15) is 19.2 Å². The Bertz CT molecular complexity index is 965. The fourth-order valence-corrected chi connectivity index (χ4v) is 3.16. The van der Waals surface area contributed by atoms with Crippen molar-refractivity contribution < 1.29 is 19.2 Å². The first-order chi connectivity index (χ1) is 13.4. The molecule has 3 rings (SSSR count). The maximum absolute atomic E-state index is 13.2. The predicted molar refractivity (Wildman–Crippen MR) is 103 cm³/mol. The van der Waals surface area contributed by atoms with E-state index in [1.165, 1.54) is 0 Å². The van der Waals surface area contributed by atoms with Crippen LogP contribution in [0.25, 0.3) is 0 Å². The zero-order chi connectivity index (χ0) is 20.3. The number of benzene rings is 2. The van der Waals surface area contributed by atoms with Gasteiger partial charge in [-0.2, -0.15) is 4.99 Å². The van der Waals surface area contributed by atoms with Crippen molar-refractivity contribution in [3.8, 4) is 0 Å². The van der Waals surface area contributed by atoms with Crippen LogP contribution >= 0.6 is 0 Å². The number of nitrogens with one attached hydrogen (secondary N) is 1. The van der Waals surface area contributed by atoms with Gasteiger partial charge in [0.2, 0.25) is 5.91 Å². The van der Waals surface area contributed by atoms with Gasteiger partial charge in [0.15, 0.2) is 11.6 Å². The number of aliphatic imine (C=N–C) groups is 1. The summed E-state index contributed by atoms with van der Waals surface area (Å²) < 4.78 is 0. The first-order valence-electron chi connectivity index (χ1n) is 8.75. The molecular weight excluding hydrogens is 358 g/mol. The summed E-state index contributed by atoms with van der Waals surface area (Å²) in [6, 6.07) is 14.4. The van der Waals surface area contributed by atoms with Crippen LogP contribution in [0.5, 0.6) is 0 Å². The average molecular weight is 377 g/mol. The maximum atomic E-state index is 13.2. The minimum Gasteiger partial charge on any atom is -0.386 e. The van der Waals surface area contributed by atoms with E-state index in [1.807, 2.05) is 6.92 Å². The second kappa shape index (κ2) is 7.96. The number of imide groups is 1. The van der Waals surface area contributed by atoms with E-state index in [1.54, 1.807) is 54.6 Å². The summed E-state index contributed by atoms with van der Waals surface area (Å²) in [7, 11) is 0. The lowest BCUT2D eigenvalue weighted by atomic mass is 9.79. The zero-order valence-electron chi connectivity index (χ0n) is 15.2. The summed E-state index contributed by atoms with van der Waals surface area (Å²) >= 11 is 0. The van der Waals surface area contributed by atoms with Crippen molar-refractivity contribution in [1.82, 2.24) is 5.32 Å². The van der Waals surface area contributed by atoms with Crippen molar-refractivity contribution >= 4 is 29.3 Å². The van der Waals surface area contributed by atoms with Crippen molar-refractivity contribution in [3.05, 3.63) is 71.3 Å². The number of nitrogens with zero attached hydrogens (tertiary/aromatic N) is 1. The van der Waals surface area contributed by atoms with Crippen LogP contribution in [-0.4, -0.2) is 29.3 Å². The zero-order valence-corrected chi connectivity index (χ0v) is 15.2. The number of Topliss-reactive ketones (excluding diaryl/α,β-unsaturated/α-hetero) is 2. The van der Waals surface area contributed by atoms with Gasteiger partial charge in [-0.15, -0.1) is 0 Å². The summed E-state index contributed by atoms with van der Waals surface area (Å²) in [5.74, 6) is -3.98. The lowest BCUT2D eigenvalue weighted by molar-refractivity contribution is -0.123. The fourth-order valence-electron chi connectivity index (χ4n) is 3.16. The molecule has 0 bridgehead atoms. The highest BCUT2D eigenvalue weighted by atomic mass is 16.2. The Morgan fingerprint density at radius 1 is 1.04 bits per heavy atom. The van der Waals surface area contributed by atoms with E-state index in [-0.39, 0.29) is 18.0 Å². The van der Waals surface area contributed by atoms with Gasteiger partial charge >= 0.3 is 6.03 Å². The van der Waals surface area contributed by atoms with Gasteiger partial charge in [0, 0.05) is 23.5 Å². The molecule has 7 nitrogen and oxygen atoms in total.